The van der Waals surface area contributed by atoms with Gasteiger partial charge in [-0.05, 0) is 19.3 Å². The molecule has 3 aliphatic rings. The minimum absolute atomic E-state index is 0.161. The van der Waals surface area contributed by atoms with Crippen LogP contribution < -0.4 is 0 Å². The molecule has 8 nitrogen and oxygen atoms in total. The molecule has 0 N–H and O–H groups in total. The third-order valence-corrected chi connectivity index (χ3v) is 8.55. The van der Waals surface area contributed by atoms with Gasteiger partial charge in [0.25, 0.3) is 10.2 Å². The van der Waals surface area contributed by atoms with Crippen LogP contribution in [0.2, 0.25) is 0 Å². The molecule has 2 bridgehead atoms. The molecule has 26 heavy (non-hydrogen) atoms. The van der Waals surface area contributed by atoms with E-state index in [0.717, 1.165) is 12.1 Å². The van der Waals surface area contributed by atoms with Crippen LogP contribution in [0.3, 0.4) is 0 Å². The van der Waals surface area contributed by atoms with Crippen LogP contribution >= 0.6 is 11.3 Å². The minimum atomic E-state index is -3.63. The van der Waals surface area contributed by atoms with Crippen molar-refractivity contribution in [2.45, 2.75) is 37.8 Å². The summed E-state index contributed by atoms with van der Waals surface area (Å²) in [5, 5.41) is 1.91. The van der Waals surface area contributed by atoms with Gasteiger partial charge in [0, 0.05) is 37.0 Å². The molecule has 3 atom stereocenters. The lowest BCUT2D eigenvalue weighted by atomic mass is 9.71. The second-order valence-electron chi connectivity index (χ2n) is 7.10. The molecule has 3 fully saturated rings. The first-order valence-electron chi connectivity index (χ1n) is 8.81. The number of morpholine rings is 1. The van der Waals surface area contributed by atoms with Gasteiger partial charge in [-0.3, -0.25) is 4.79 Å². The lowest BCUT2D eigenvalue weighted by Crippen LogP contribution is -2.53. The van der Waals surface area contributed by atoms with E-state index in [9.17, 15) is 13.2 Å². The number of nitrogens with zero attached hydrogens (tertiary/aromatic N) is 3. The molecule has 4 rings (SSSR count). The van der Waals surface area contributed by atoms with E-state index < -0.39 is 15.6 Å². The molecule has 0 aliphatic carbocycles. The topological polar surface area (TPSA) is 89.0 Å². The van der Waals surface area contributed by atoms with Gasteiger partial charge in [0.2, 0.25) is 0 Å². The van der Waals surface area contributed by atoms with E-state index in [2.05, 4.69) is 4.98 Å². The highest BCUT2D eigenvalue weighted by Gasteiger charge is 2.64. The van der Waals surface area contributed by atoms with Crippen LogP contribution in [-0.2, 0) is 30.9 Å². The number of fused-ring (bicyclic) bond motifs is 2. The van der Waals surface area contributed by atoms with Gasteiger partial charge in [-0.2, -0.15) is 17.0 Å². The number of methoxy groups -OCH3 is 1. The fourth-order valence-electron chi connectivity index (χ4n) is 4.72. The number of esters is 1. The van der Waals surface area contributed by atoms with Crippen LogP contribution in [-0.4, -0.2) is 73.5 Å². The standard InChI is InChI=1S/C16H23N3O5S2/c1-23-15(20)16(8-12-10-25-11-17-12)9-13-2-3-14(16)19(13)26(21,22)18-4-6-24-7-5-18/h10-11,13-14H,2-9H2,1H3/t13-,14+,16+/m1/s1. The highest BCUT2D eigenvalue weighted by molar-refractivity contribution is 7.86. The summed E-state index contributed by atoms with van der Waals surface area (Å²) in [6.45, 7) is 1.53. The molecule has 0 amide bonds. The van der Waals surface area contributed by atoms with Crippen LogP contribution in [0.4, 0.5) is 0 Å². The van der Waals surface area contributed by atoms with Gasteiger partial charge in [-0.25, -0.2) is 4.98 Å². The summed E-state index contributed by atoms with van der Waals surface area (Å²) in [5.41, 5.74) is 1.69. The second-order valence-corrected chi connectivity index (χ2v) is 9.66. The van der Waals surface area contributed by atoms with E-state index in [-0.39, 0.29) is 18.1 Å². The van der Waals surface area contributed by atoms with Crippen LogP contribution in [0.1, 0.15) is 25.0 Å². The molecular weight excluding hydrogens is 378 g/mol. The predicted molar refractivity (Wildman–Crippen MR) is 94.8 cm³/mol. The Morgan fingerprint density at radius 2 is 2.19 bits per heavy atom. The van der Waals surface area contributed by atoms with Crippen molar-refractivity contribution in [1.82, 2.24) is 13.6 Å². The quantitative estimate of drug-likeness (QED) is 0.674. The molecule has 3 aliphatic heterocycles. The average molecular weight is 402 g/mol. The number of hydrogen-bond acceptors (Lipinski definition) is 7. The zero-order chi connectivity index (χ0) is 18.4. The molecule has 3 saturated heterocycles. The molecule has 1 aromatic heterocycles. The first-order chi connectivity index (χ1) is 12.5. The highest BCUT2D eigenvalue weighted by atomic mass is 32.2. The number of carbonyl (C=O) groups excluding carboxylic acids is 1. The molecule has 0 aromatic carbocycles. The molecule has 0 radical (unpaired) electrons. The van der Waals surface area contributed by atoms with Crippen molar-refractivity contribution in [2.24, 2.45) is 5.41 Å². The maximum Gasteiger partial charge on any atom is 0.313 e. The van der Waals surface area contributed by atoms with Gasteiger partial charge in [0.05, 0.1) is 36.9 Å². The lowest BCUT2D eigenvalue weighted by Gasteiger charge is -2.36. The lowest BCUT2D eigenvalue weighted by molar-refractivity contribution is -0.154. The fraction of sp³-hybridized carbons (Fsp3) is 0.750. The molecule has 0 saturated carbocycles. The highest BCUT2D eigenvalue weighted by Crippen LogP contribution is 2.53. The van der Waals surface area contributed by atoms with Crippen LogP contribution in [0.5, 0.6) is 0 Å². The summed E-state index contributed by atoms with van der Waals surface area (Å²) < 4.78 is 40.0. The Bertz CT molecular complexity index is 763. The Balaban J connectivity index is 1.68. The molecule has 0 unspecified atom stereocenters. The Morgan fingerprint density at radius 3 is 2.85 bits per heavy atom. The summed E-state index contributed by atoms with van der Waals surface area (Å²) in [6.07, 6.45) is 2.36. The fourth-order valence-corrected chi connectivity index (χ4v) is 7.34. The summed E-state index contributed by atoms with van der Waals surface area (Å²) >= 11 is 1.47. The number of thiazole rings is 1. The third kappa shape index (κ3) is 2.78. The van der Waals surface area contributed by atoms with Gasteiger partial charge in [0.15, 0.2) is 0 Å². The SMILES string of the molecule is COC(=O)[C@@]1(Cc2cscn2)C[C@H]2CC[C@@H]1N2S(=O)(=O)N1CCOCC1. The summed E-state index contributed by atoms with van der Waals surface area (Å²) in [6, 6.07) is -0.542. The van der Waals surface area contributed by atoms with E-state index >= 15 is 0 Å². The largest absolute Gasteiger partial charge is 0.469 e. The summed E-state index contributed by atoms with van der Waals surface area (Å²) in [5.74, 6) is -0.333. The predicted octanol–water partition coefficient (Wildman–Crippen LogP) is 0.659. The molecule has 10 heteroatoms. The monoisotopic (exact) mass is 401 g/mol. The van der Waals surface area contributed by atoms with E-state index in [1.54, 1.807) is 9.82 Å². The summed E-state index contributed by atoms with van der Waals surface area (Å²) in [4.78, 5) is 17.1. The van der Waals surface area contributed by atoms with Crippen LogP contribution in [0.15, 0.2) is 10.9 Å². The molecular formula is C16H23N3O5S2. The van der Waals surface area contributed by atoms with Crippen molar-refractivity contribution >= 4 is 27.5 Å². The van der Waals surface area contributed by atoms with Crippen molar-refractivity contribution in [1.29, 1.82) is 0 Å². The Morgan fingerprint density at radius 1 is 1.42 bits per heavy atom. The third-order valence-electron chi connectivity index (χ3n) is 5.81. The normalized spacial score (nSPS) is 32.8. The first-order valence-corrected chi connectivity index (χ1v) is 11.1. The number of rotatable bonds is 5. The van der Waals surface area contributed by atoms with Crippen molar-refractivity contribution in [3.8, 4) is 0 Å². The summed E-state index contributed by atoms with van der Waals surface area (Å²) in [7, 11) is -2.26. The van der Waals surface area contributed by atoms with Crippen molar-refractivity contribution < 1.29 is 22.7 Å². The Labute approximate surface area is 157 Å². The number of aromatic nitrogens is 1. The molecule has 0 spiro atoms. The Kier molecular flexibility index (Phi) is 4.81. The van der Waals surface area contributed by atoms with Crippen molar-refractivity contribution in [3.05, 3.63) is 16.6 Å². The number of hydrogen-bond donors (Lipinski definition) is 0. The molecule has 4 heterocycles. The zero-order valence-corrected chi connectivity index (χ0v) is 16.3. The number of ether oxygens (including phenoxy) is 2. The second kappa shape index (κ2) is 6.83. The maximum atomic E-state index is 13.3. The van der Waals surface area contributed by atoms with Gasteiger partial charge in [-0.15, -0.1) is 11.3 Å². The molecule has 1 aromatic rings. The minimum Gasteiger partial charge on any atom is -0.469 e. The van der Waals surface area contributed by atoms with Gasteiger partial charge in [0.1, 0.15) is 0 Å². The van der Waals surface area contributed by atoms with E-state index in [1.807, 2.05) is 5.38 Å². The van der Waals surface area contributed by atoms with Crippen molar-refractivity contribution in [2.75, 3.05) is 33.4 Å². The zero-order valence-electron chi connectivity index (χ0n) is 14.7. The first kappa shape index (κ1) is 18.3. The molecule has 144 valence electrons. The average Bonchev–Trinajstić information content (AvgIpc) is 3.37. The van der Waals surface area contributed by atoms with E-state index in [4.69, 9.17) is 9.47 Å². The van der Waals surface area contributed by atoms with Crippen LogP contribution in [0, 0.1) is 5.41 Å². The van der Waals surface area contributed by atoms with E-state index in [0.29, 0.717) is 45.6 Å². The number of carbonyl (C=O) groups is 1. The van der Waals surface area contributed by atoms with Gasteiger partial charge in [-0.1, -0.05) is 0 Å². The maximum absolute atomic E-state index is 13.3. The van der Waals surface area contributed by atoms with Crippen molar-refractivity contribution in [3.63, 3.8) is 0 Å². The van der Waals surface area contributed by atoms with Crippen LogP contribution in [0.25, 0.3) is 0 Å². The Hall–Kier alpha value is -1.07. The van der Waals surface area contributed by atoms with Gasteiger partial charge >= 0.3 is 5.97 Å². The van der Waals surface area contributed by atoms with E-state index in [1.165, 1.54) is 22.8 Å². The van der Waals surface area contributed by atoms with Gasteiger partial charge < -0.3 is 9.47 Å². The smallest absolute Gasteiger partial charge is 0.313 e.